The van der Waals surface area contributed by atoms with Crippen LogP contribution in [0.4, 0.5) is 26.3 Å². The van der Waals surface area contributed by atoms with Crippen LogP contribution in [0.1, 0.15) is 39.5 Å². The fraction of sp³-hybridized carbons (Fsp3) is 0.208. The lowest BCUT2D eigenvalue weighted by atomic mass is 10.0. The van der Waals surface area contributed by atoms with Crippen LogP contribution in [0, 0.1) is 0 Å². The smallest absolute Gasteiger partial charge is 0.366 e. The number of carbonyl (C=O) groups is 1. The largest absolute Gasteiger partial charge is 0.416 e. The first kappa shape index (κ1) is 22.7. The van der Waals surface area contributed by atoms with Crippen molar-refractivity contribution in [1.29, 1.82) is 0 Å². The monoisotopic (exact) mass is 464 g/mol. The molecule has 0 bridgehead atoms. The van der Waals surface area contributed by atoms with Crippen molar-refractivity contribution < 1.29 is 31.1 Å². The molecule has 172 valence electrons. The molecule has 0 radical (unpaired) electrons. The second-order valence-electron chi connectivity index (χ2n) is 7.72. The molecule has 33 heavy (non-hydrogen) atoms. The third kappa shape index (κ3) is 4.03. The van der Waals surface area contributed by atoms with Crippen molar-refractivity contribution in [3.8, 4) is 0 Å². The number of nitrogens with zero attached hydrogens (tertiary/aromatic N) is 1. The summed E-state index contributed by atoms with van der Waals surface area (Å²) in [6.07, 6.45) is -9.23. The van der Waals surface area contributed by atoms with Gasteiger partial charge in [0.2, 0.25) is 5.91 Å². The van der Waals surface area contributed by atoms with Gasteiger partial charge in [-0.3, -0.25) is 4.79 Å². The predicted octanol–water partition coefficient (Wildman–Crippen LogP) is 6.54. The van der Waals surface area contributed by atoms with E-state index >= 15 is 0 Å². The van der Waals surface area contributed by atoms with Crippen LogP contribution in [0.25, 0.3) is 21.8 Å². The molecule has 0 aliphatic heterocycles. The number of halogens is 6. The van der Waals surface area contributed by atoms with Gasteiger partial charge in [0.25, 0.3) is 0 Å². The highest BCUT2D eigenvalue weighted by molar-refractivity contribution is 6.18. The van der Waals surface area contributed by atoms with Gasteiger partial charge < -0.3 is 10.3 Å². The highest BCUT2D eigenvalue weighted by Crippen LogP contribution is 2.39. The minimum Gasteiger partial charge on any atom is -0.366 e. The molecule has 0 aliphatic carbocycles. The first-order valence-electron chi connectivity index (χ1n) is 10.0. The molecule has 0 atom stereocenters. The minimum atomic E-state index is -4.98. The molecular weight excluding hydrogens is 446 g/mol. The molecule has 0 aliphatic rings. The molecule has 1 amide bonds. The van der Waals surface area contributed by atoms with Gasteiger partial charge in [0.05, 0.1) is 16.6 Å². The van der Waals surface area contributed by atoms with E-state index in [1.54, 1.807) is 28.8 Å². The van der Waals surface area contributed by atoms with E-state index in [0.29, 0.717) is 34.3 Å². The van der Waals surface area contributed by atoms with Gasteiger partial charge in [-0.15, -0.1) is 0 Å². The van der Waals surface area contributed by atoms with Crippen LogP contribution in [0.3, 0.4) is 0 Å². The molecule has 1 heterocycles. The van der Waals surface area contributed by atoms with Crippen LogP contribution in [0.15, 0.2) is 54.6 Å². The van der Waals surface area contributed by atoms with Crippen molar-refractivity contribution in [1.82, 2.24) is 4.57 Å². The summed E-state index contributed by atoms with van der Waals surface area (Å²) in [4.78, 5) is 12.0. The van der Waals surface area contributed by atoms with Crippen LogP contribution < -0.4 is 5.73 Å². The summed E-state index contributed by atoms with van der Waals surface area (Å²) < 4.78 is 82.0. The number of primary amides is 1. The molecule has 0 unspecified atom stereocenters. The molecule has 2 N–H and O–H groups in total. The first-order chi connectivity index (χ1) is 15.4. The standard InChI is InChI=1S/C24H18F6N2O/c1-2-13-6-9-16-20(10-13)32(19-5-3-4-17(21(16)19)22(31)33)12-14-7-8-15(23(25,26)27)11-18(14)24(28,29)30/h3-11H,2,12H2,1H3,(H2,31,33). The van der Waals surface area contributed by atoms with E-state index < -0.39 is 29.4 Å². The van der Waals surface area contributed by atoms with Crippen LogP contribution in [0.2, 0.25) is 0 Å². The van der Waals surface area contributed by atoms with Crippen molar-refractivity contribution in [3.05, 3.63) is 82.4 Å². The average molecular weight is 464 g/mol. The van der Waals surface area contributed by atoms with Gasteiger partial charge in [0.15, 0.2) is 0 Å². The summed E-state index contributed by atoms with van der Waals surface area (Å²) >= 11 is 0. The zero-order valence-corrected chi connectivity index (χ0v) is 17.3. The Bertz CT molecular complexity index is 1380. The Hall–Kier alpha value is -3.49. The molecular formula is C24H18F6N2O. The normalized spacial score (nSPS) is 12.6. The highest BCUT2D eigenvalue weighted by Gasteiger charge is 2.38. The van der Waals surface area contributed by atoms with Gasteiger partial charge in [-0.25, -0.2) is 0 Å². The predicted molar refractivity (Wildman–Crippen MR) is 113 cm³/mol. The van der Waals surface area contributed by atoms with Crippen LogP contribution in [-0.2, 0) is 25.3 Å². The number of amides is 1. The number of aromatic nitrogens is 1. The van der Waals surface area contributed by atoms with Crippen molar-refractivity contribution >= 4 is 27.7 Å². The fourth-order valence-corrected chi connectivity index (χ4v) is 4.11. The van der Waals surface area contributed by atoms with Crippen molar-refractivity contribution in [2.75, 3.05) is 0 Å². The molecule has 0 spiro atoms. The lowest BCUT2D eigenvalue weighted by Gasteiger charge is -2.17. The maximum Gasteiger partial charge on any atom is 0.416 e. The van der Waals surface area contributed by atoms with Crippen molar-refractivity contribution in [2.45, 2.75) is 32.2 Å². The summed E-state index contributed by atoms with van der Waals surface area (Å²) in [7, 11) is 0. The number of fused-ring (bicyclic) bond motifs is 3. The van der Waals surface area contributed by atoms with E-state index in [-0.39, 0.29) is 23.7 Å². The number of aryl methyl sites for hydroxylation is 1. The Morgan fingerprint density at radius 1 is 0.909 bits per heavy atom. The van der Waals surface area contributed by atoms with Gasteiger partial charge in [0, 0.05) is 28.4 Å². The molecule has 0 saturated carbocycles. The fourth-order valence-electron chi connectivity index (χ4n) is 4.11. The lowest BCUT2D eigenvalue weighted by Crippen LogP contribution is -2.15. The molecule has 3 aromatic carbocycles. The zero-order chi connectivity index (χ0) is 24.1. The Kier molecular flexibility index (Phi) is 5.38. The van der Waals surface area contributed by atoms with Crippen molar-refractivity contribution in [2.24, 2.45) is 5.73 Å². The molecule has 0 fully saturated rings. The Morgan fingerprint density at radius 2 is 1.64 bits per heavy atom. The van der Waals surface area contributed by atoms with E-state index in [4.69, 9.17) is 5.73 Å². The highest BCUT2D eigenvalue weighted by atomic mass is 19.4. The van der Waals surface area contributed by atoms with E-state index in [9.17, 15) is 31.1 Å². The zero-order valence-electron chi connectivity index (χ0n) is 17.3. The number of hydrogen-bond donors (Lipinski definition) is 1. The number of nitrogens with two attached hydrogens (primary N) is 1. The molecule has 9 heteroatoms. The van der Waals surface area contributed by atoms with Gasteiger partial charge >= 0.3 is 12.4 Å². The van der Waals surface area contributed by atoms with E-state index in [2.05, 4.69) is 0 Å². The Balaban J connectivity index is 2.01. The summed E-state index contributed by atoms with van der Waals surface area (Å²) in [6, 6.07) is 11.8. The Labute approximate surface area is 184 Å². The maximum atomic E-state index is 13.7. The van der Waals surface area contributed by atoms with Crippen molar-refractivity contribution in [3.63, 3.8) is 0 Å². The van der Waals surface area contributed by atoms with E-state index in [0.717, 1.165) is 11.6 Å². The second kappa shape index (κ2) is 7.83. The van der Waals surface area contributed by atoms with E-state index in [1.165, 1.54) is 6.07 Å². The second-order valence-corrected chi connectivity index (χ2v) is 7.72. The molecule has 1 aromatic heterocycles. The summed E-state index contributed by atoms with van der Waals surface area (Å²) in [6.45, 7) is 1.57. The summed E-state index contributed by atoms with van der Waals surface area (Å²) in [5, 5.41) is 1.11. The third-order valence-corrected chi connectivity index (χ3v) is 5.70. The SMILES string of the molecule is CCc1ccc2c3c(C(N)=O)cccc3n(Cc3ccc(C(F)(F)F)cc3C(F)(F)F)c2c1. The van der Waals surface area contributed by atoms with Crippen LogP contribution in [-0.4, -0.2) is 10.5 Å². The van der Waals surface area contributed by atoms with Gasteiger partial charge in [-0.1, -0.05) is 31.2 Å². The average Bonchev–Trinajstić information content (AvgIpc) is 3.05. The molecule has 4 aromatic rings. The van der Waals surface area contributed by atoms with Gasteiger partial charge in [0.1, 0.15) is 0 Å². The third-order valence-electron chi connectivity index (χ3n) is 5.70. The maximum absolute atomic E-state index is 13.7. The number of alkyl halides is 6. The lowest BCUT2D eigenvalue weighted by molar-refractivity contribution is -0.143. The number of benzene rings is 3. The van der Waals surface area contributed by atoms with Gasteiger partial charge in [-0.05, 0) is 47.9 Å². The quantitative estimate of drug-likeness (QED) is 0.343. The minimum absolute atomic E-state index is 0.134. The number of hydrogen-bond acceptors (Lipinski definition) is 1. The summed E-state index contributed by atoms with van der Waals surface area (Å²) in [5.41, 5.74) is 4.62. The molecule has 3 nitrogen and oxygen atoms in total. The topological polar surface area (TPSA) is 48.0 Å². The number of carbonyl (C=O) groups excluding carboxylic acids is 1. The van der Waals surface area contributed by atoms with Crippen LogP contribution in [0.5, 0.6) is 0 Å². The first-order valence-corrected chi connectivity index (χ1v) is 10.0. The van der Waals surface area contributed by atoms with Crippen LogP contribution >= 0.6 is 0 Å². The number of rotatable bonds is 4. The molecule has 0 saturated heterocycles. The summed E-state index contributed by atoms with van der Waals surface area (Å²) in [5.74, 6) is -0.690. The molecule has 4 rings (SSSR count). The Morgan fingerprint density at radius 3 is 2.24 bits per heavy atom. The van der Waals surface area contributed by atoms with Gasteiger partial charge in [-0.2, -0.15) is 26.3 Å². The van der Waals surface area contributed by atoms with E-state index in [1.807, 2.05) is 13.0 Å².